The predicted molar refractivity (Wildman–Crippen MR) is 25.8 cm³/mol. The Bertz CT molecular complexity index is 92.0. The third kappa shape index (κ3) is 0.962. The van der Waals surface area contributed by atoms with E-state index in [-0.39, 0.29) is 6.04 Å². The van der Waals surface area contributed by atoms with Crippen LogP contribution in [-0.2, 0) is 4.79 Å². The van der Waals surface area contributed by atoms with Gasteiger partial charge < -0.3 is 0 Å². The molecule has 1 fully saturated rings. The zero-order chi connectivity index (χ0) is 5.98. The van der Waals surface area contributed by atoms with Crippen LogP contribution in [0, 0.1) is 0 Å². The lowest BCUT2D eigenvalue weighted by molar-refractivity contribution is -0.131. The van der Waals surface area contributed by atoms with E-state index in [2.05, 4.69) is 0 Å². The molecule has 4 heteroatoms. The van der Waals surface area contributed by atoms with E-state index in [0.717, 1.165) is 17.9 Å². The van der Waals surface area contributed by atoms with Gasteiger partial charge in [-0.1, -0.05) is 0 Å². The summed E-state index contributed by atoms with van der Waals surface area (Å²) in [7, 11) is 0. The van der Waals surface area contributed by atoms with Gasteiger partial charge >= 0.3 is 0 Å². The first-order chi connectivity index (χ1) is 3.88. The minimum Gasteiger partial charge on any atom is -0.297 e. The van der Waals surface area contributed by atoms with Crippen molar-refractivity contribution >= 4 is 6.41 Å². The number of nitrogens with one attached hydrogen (secondary N) is 1. The molecule has 0 radical (unpaired) electrons. The molecule has 1 aliphatic rings. The molecule has 0 saturated heterocycles. The van der Waals surface area contributed by atoms with Crippen molar-refractivity contribution in [2.75, 3.05) is 0 Å². The van der Waals surface area contributed by atoms with Crippen molar-refractivity contribution in [3.63, 3.8) is 0 Å². The van der Waals surface area contributed by atoms with Gasteiger partial charge in [0.2, 0.25) is 6.41 Å². The van der Waals surface area contributed by atoms with E-state index in [1.165, 1.54) is 0 Å². The number of carbonyl (C=O) groups is 1. The van der Waals surface area contributed by atoms with Gasteiger partial charge in [0.1, 0.15) is 0 Å². The highest BCUT2D eigenvalue weighted by atomic mass is 16.5. The summed E-state index contributed by atoms with van der Waals surface area (Å²) in [6.45, 7) is 0. The van der Waals surface area contributed by atoms with Crippen molar-refractivity contribution in [1.29, 1.82) is 0 Å². The Kier molecular flexibility index (Phi) is 1.45. The third-order valence-electron chi connectivity index (χ3n) is 1.17. The quantitative estimate of drug-likeness (QED) is 0.386. The Morgan fingerprint density at radius 1 is 1.75 bits per heavy atom. The maximum Gasteiger partial charge on any atom is 0.225 e. The number of hydrogen-bond donors (Lipinski definition) is 2. The first-order valence-corrected chi connectivity index (χ1v) is 2.52. The van der Waals surface area contributed by atoms with Crippen molar-refractivity contribution in [3.8, 4) is 0 Å². The molecular weight excluding hydrogens is 108 g/mol. The molecule has 0 unspecified atom stereocenters. The van der Waals surface area contributed by atoms with E-state index in [9.17, 15) is 4.79 Å². The molecule has 0 aromatic carbocycles. The SMILES string of the molecule is O=CN(NO)C1CC1. The van der Waals surface area contributed by atoms with Crippen molar-refractivity contribution in [1.82, 2.24) is 10.6 Å². The minimum atomic E-state index is 0.234. The monoisotopic (exact) mass is 116 g/mol. The molecule has 8 heavy (non-hydrogen) atoms. The van der Waals surface area contributed by atoms with Gasteiger partial charge in [0.05, 0.1) is 6.04 Å². The molecule has 1 saturated carbocycles. The lowest BCUT2D eigenvalue weighted by atomic mass is 10.7. The van der Waals surface area contributed by atoms with Crippen molar-refractivity contribution in [2.24, 2.45) is 0 Å². The Morgan fingerprint density at radius 3 is 2.50 bits per heavy atom. The van der Waals surface area contributed by atoms with E-state index in [1.54, 1.807) is 5.59 Å². The molecule has 0 aliphatic heterocycles. The molecule has 1 rings (SSSR count). The van der Waals surface area contributed by atoms with Crippen LogP contribution in [0.25, 0.3) is 0 Å². The Balaban J connectivity index is 2.25. The van der Waals surface area contributed by atoms with Crippen LogP contribution in [-0.4, -0.2) is 22.7 Å². The van der Waals surface area contributed by atoms with E-state index < -0.39 is 0 Å². The van der Waals surface area contributed by atoms with Crippen LogP contribution in [0.2, 0.25) is 0 Å². The summed E-state index contributed by atoms with van der Waals surface area (Å²) in [6, 6.07) is 0.234. The Morgan fingerprint density at radius 2 is 2.38 bits per heavy atom. The van der Waals surface area contributed by atoms with Gasteiger partial charge in [-0.2, -0.15) is 0 Å². The van der Waals surface area contributed by atoms with Crippen LogP contribution in [0.1, 0.15) is 12.8 Å². The fraction of sp³-hybridized carbons (Fsp3) is 0.750. The maximum atomic E-state index is 9.92. The zero-order valence-corrected chi connectivity index (χ0v) is 4.37. The minimum absolute atomic E-state index is 0.234. The summed E-state index contributed by atoms with van der Waals surface area (Å²) in [5, 5.41) is 9.33. The highest BCUT2D eigenvalue weighted by Crippen LogP contribution is 2.23. The highest BCUT2D eigenvalue weighted by molar-refractivity contribution is 5.47. The fourth-order valence-electron chi connectivity index (χ4n) is 0.544. The summed E-state index contributed by atoms with van der Waals surface area (Å²) >= 11 is 0. The number of hydrazine groups is 1. The molecule has 0 bridgehead atoms. The molecule has 0 heterocycles. The smallest absolute Gasteiger partial charge is 0.225 e. The van der Waals surface area contributed by atoms with Crippen LogP contribution in [0.4, 0.5) is 0 Å². The number of amides is 1. The zero-order valence-electron chi connectivity index (χ0n) is 4.37. The van der Waals surface area contributed by atoms with Crippen molar-refractivity contribution < 1.29 is 10.0 Å². The van der Waals surface area contributed by atoms with Crippen LogP contribution in [0.3, 0.4) is 0 Å². The molecule has 0 atom stereocenters. The summed E-state index contributed by atoms with van der Waals surface area (Å²) in [6.07, 6.45) is 2.57. The van der Waals surface area contributed by atoms with E-state index >= 15 is 0 Å². The van der Waals surface area contributed by atoms with Gasteiger partial charge in [-0.25, -0.2) is 0 Å². The molecule has 4 nitrogen and oxygen atoms in total. The van der Waals surface area contributed by atoms with Crippen LogP contribution >= 0.6 is 0 Å². The van der Waals surface area contributed by atoms with E-state index in [1.807, 2.05) is 0 Å². The van der Waals surface area contributed by atoms with Gasteiger partial charge in [-0.05, 0) is 12.8 Å². The molecule has 46 valence electrons. The summed E-state index contributed by atoms with van der Waals surface area (Å²) in [4.78, 5) is 9.92. The predicted octanol–water partition coefficient (Wildman–Crippen LogP) is -0.499. The first kappa shape index (κ1) is 5.53. The normalized spacial score (nSPS) is 18.1. The molecule has 1 amide bonds. The van der Waals surface area contributed by atoms with Crippen LogP contribution in [0.5, 0.6) is 0 Å². The van der Waals surface area contributed by atoms with Gasteiger partial charge in [0.15, 0.2) is 0 Å². The maximum absolute atomic E-state index is 9.92. The summed E-state index contributed by atoms with van der Waals surface area (Å²) < 4.78 is 0. The Hall–Kier alpha value is -0.610. The van der Waals surface area contributed by atoms with Gasteiger partial charge in [0, 0.05) is 0 Å². The molecule has 2 N–H and O–H groups in total. The Labute approximate surface area is 47.0 Å². The lowest BCUT2D eigenvalue weighted by Crippen LogP contribution is -2.35. The lowest BCUT2D eigenvalue weighted by Gasteiger charge is -2.10. The molecule has 0 spiro atoms. The van der Waals surface area contributed by atoms with Crippen LogP contribution < -0.4 is 5.59 Å². The van der Waals surface area contributed by atoms with Gasteiger partial charge in [0.25, 0.3) is 0 Å². The summed E-state index contributed by atoms with van der Waals surface area (Å²) in [5.41, 5.74) is 1.78. The number of rotatable bonds is 3. The topological polar surface area (TPSA) is 52.6 Å². The number of carbonyl (C=O) groups excluding carboxylic acids is 1. The molecule has 0 aromatic rings. The molecule has 1 aliphatic carbocycles. The van der Waals surface area contributed by atoms with Crippen molar-refractivity contribution in [2.45, 2.75) is 18.9 Å². The fourth-order valence-corrected chi connectivity index (χ4v) is 0.544. The second kappa shape index (κ2) is 2.11. The number of nitrogens with zero attached hydrogens (tertiary/aromatic N) is 1. The average Bonchev–Trinajstić information content (AvgIpc) is 2.53. The van der Waals surface area contributed by atoms with Crippen LogP contribution in [0.15, 0.2) is 0 Å². The largest absolute Gasteiger partial charge is 0.297 e. The van der Waals surface area contributed by atoms with Gasteiger partial charge in [-0.3, -0.25) is 15.0 Å². The standard InChI is InChI=1S/C4H8N2O2/c7-3-6(5-8)4-1-2-4/h3-5,8H,1-2H2. The highest BCUT2D eigenvalue weighted by Gasteiger charge is 2.27. The third-order valence-corrected chi connectivity index (χ3v) is 1.17. The van der Waals surface area contributed by atoms with Gasteiger partial charge in [-0.15, -0.1) is 5.59 Å². The van der Waals surface area contributed by atoms with Crippen molar-refractivity contribution in [3.05, 3.63) is 0 Å². The summed E-state index contributed by atoms with van der Waals surface area (Å²) in [5.74, 6) is 0. The van der Waals surface area contributed by atoms with E-state index in [4.69, 9.17) is 5.21 Å². The second-order valence-corrected chi connectivity index (χ2v) is 1.84. The number of hydrogen-bond acceptors (Lipinski definition) is 3. The average molecular weight is 116 g/mol. The molecule has 0 aromatic heterocycles. The first-order valence-electron chi connectivity index (χ1n) is 2.52. The second-order valence-electron chi connectivity index (χ2n) is 1.84. The molecular formula is C4H8N2O2. The van der Waals surface area contributed by atoms with E-state index in [0.29, 0.717) is 6.41 Å².